The molecule has 0 bridgehead atoms. The summed E-state index contributed by atoms with van der Waals surface area (Å²) >= 11 is 1.64. The minimum absolute atomic E-state index is 0.118. The second kappa shape index (κ2) is 6.08. The van der Waals surface area contributed by atoms with Crippen molar-refractivity contribution in [3.8, 4) is 0 Å². The van der Waals surface area contributed by atoms with Crippen molar-refractivity contribution in [3.63, 3.8) is 0 Å². The number of ether oxygens (including phenoxy) is 1. The molecule has 1 rings (SSSR count). The Morgan fingerprint density at radius 2 is 2.50 bits per heavy atom. The van der Waals surface area contributed by atoms with Crippen LogP contribution in [-0.2, 0) is 11.2 Å². The van der Waals surface area contributed by atoms with Crippen LogP contribution in [-0.4, -0.2) is 23.7 Å². The molecule has 0 fully saturated rings. The van der Waals surface area contributed by atoms with Crippen molar-refractivity contribution in [2.75, 3.05) is 6.61 Å². The second-order valence-corrected chi connectivity index (χ2v) is 4.08. The number of nitrogens with zero attached hydrogens (tertiary/aromatic N) is 1. The third kappa shape index (κ3) is 3.34. The Morgan fingerprint density at radius 1 is 1.71 bits per heavy atom. The van der Waals surface area contributed by atoms with Gasteiger partial charge >= 0.3 is 0 Å². The van der Waals surface area contributed by atoms with E-state index >= 15 is 0 Å². The highest BCUT2D eigenvalue weighted by atomic mass is 32.1. The fourth-order valence-electron chi connectivity index (χ4n) is 1.30. The van der Waals surface area contributed by atoms with E-state index in [9.17, 15) is 0 Å². The minimum atomic E-state index is 0.118. The van der Waals surface area contributed by atoms with E-state index in [1.165, 1.54) is 4.88 Å². The molecule has 0 amide bonds. The number of rotatable bonds is 6. The molecule has 1 heterocycles. The second-order valence-electron chi connectivity index (χ2n) is 3.11. The minimum Gasteiger partial charge on any atom is -0.377 e. The molecule has 3 N–H and O–H groups in total. The lowest BCUT2D eigenvalue weighted by Crippen LogP contribution is -2.45. The van der Waals surface area contributed by atoms with E-state index in [2.05, 4.69) is 10.4 Å². The fourth-order valence-corrected chi connectivity index (χ4v) is 1.95. The molecule has 1 aromatic heterocycles. The zero-order valence-corrected chi connectivity index (χ0v) is 9.38. The van der Waals surface area contributed by atoms with E-state index in [1.807, 2.05) is 25.6 Å². The lowest BCUT2D eigenvalue weighted by molar-refractivity contribution is 0.0478. The quantitative estimate of drug-likeness (QED) is 0.548. The lowest BCUT2D eigenvalue weighted by Gasteiger charge is -2.22. The lowest BCUT2D eigenvalue weighted by atomic mass is 10.1. The summed E-state index contributed by atoms with van der Waals surface area (Å²) in [6, 6.07) is 0.149. The van der Waals surface area contributed by atoms with Gasteiger partial charge in [-0.05, 0) is 13.8 Å². The summed E-state index contributed by atoms with van der Waals surface area (Å²) in [5.41, 5.74) is 4.61. The summed E-state index contributed by atoms with van der Waals surface area (Å²) in [6.07, 6.45) is 2.85. The number of thiazole rings is 1. The molecule has 0 aliphatic rings. The van der Waals surface area contributed by atoms with Crippen LogP contribution in [0.15, 0.2) is 11.7 Å². The van der Waals surface area contributed by atoms with E-state index in [4.69, 9.17) is 10.6 Å². The van der Waals surface area contributed by atoms with Crippen LogP contribution in [0.5, 0.6) is 0 Å². The number of hydrazine groups is 1. The van der Waals surface area contributed by atoms with Gasteiger partial charge in [0.15, 0.2) is 0 Å². The third-order valence-electron chi connectivity index (χ3n) is 2.11. The number of aromatic nitrogens is 1. The first-order valence-electron chi connectivity index (χ1n) is 4.73. The van der Waals surface area contributed by atoms with E-state index in [0.29, 0.717) is 6.61 Å². The summed E-state index contributed by atoms with van der Waals surface area (Å²) in [6.45, 7) is 4.72. The van der Waals surface area contributed by atoms with Gasteiger partial charge in [-0.15, -0.1) is 11.3 Å². The Bertz CT molecular complexity index is 240. The molecule has 0 saturated heterocycles. The average molecular weight is 215 g/mol. The summed E-state index contributed by atoms with van der Waals surface area (Å²) in [5, 5.41) is 0. The van der Waals surface area contributed by atoms with Crippen molar-refractivity contribution in [1.82, 2.24) is 10.4 Å². The molecule has 80 valence electrons. The zero-order chi connectivity index (χ0) is 10.4. The van der Waals surface area contributed by atoms with E-state index in [-0.39, 0.29) is 12.1 Å². The molecule has 5 heteroatoms. The molecular weight excluding hydrogens is 198 g/mol. The van der Waals surface area contributed by atoms with Crippen molar-refractivity contribution in [2.24, 2.45) is 5.84 Å². The molecule has 4 nitrogen and oxygen atoms in total. The number of nitrogens with one attached hydrogen (secondary N) is 1. The van der Waals surface area contributed by atoms with Crippen LogP contribution in [0, 0.1) is 0 Å². The van der Waals surface area contributed by atoms with Gasteiger partial charge in [0.1, 0.15) is 0 Å². The van der Waals surface area contributed by atoms with Crippen molar-refractivity contribution >= 4 is 11.3 Å². The Kier molecular flexibility index (Phi) is 5.03. The Morgan fingerprint density at radius 3 is 3.00 bits per heavy atom. The van der Waals surface area contributed by atoms with Gasteiger partial charge in [0, 0.05) is 24.1 Å². The highest BCUT2D eigenvalue weighted by Gasteiger charge is 2.16. The molecule has 0 saturated carbocycles. The first kappa shape index (κ1) is 11.6. The Balaban J connectivity index is 2.46. The van der Waals surface area contributed by atoms with Crippen LogP contribution in [0.3, 0.4) is 0 Å². The van der Waals surface area contributed by atoms with Crippen LogP contribution in [0.2, 0.25) is 0 Å². The van der Waals surface area contributed by atoms with Crippen molar-refractivity contribution in [1.29, 1.82) is 0 Å². The summed E-state index contributed by atoms with van der Waals surface area (Å²) < 4.78 is 5.49. The SMILES string of the molecule is CCOC(C)C(Cc1cncs1)NN. The van der Waals surface area contributed by atoms with E-state index in [0.717, 1.165) is 6.42 Å². The molecule has 0 aliphatic heterocycles. The number of nitrogens with two attached hydrogens (primary N) is 1. The van der Waals surface area contributed by atoms with Crippen molar-refractivity contribution in [3.05, 3.63) is 16.6 Å². The Labute approximate surface area is 88.5 Å². The highest BCUT2D eigenvalue weighted by molar-refractivity contribution is 7.09. The van der Waals surface area contributed by atoms with Crippen LogP contribution in [0.25, 0.3) is 0 Å². The first-order chi connectivity index (χ1) is 6.77. The predicted octanol–water partition coefficient (Wildman–Crippen LogP) is 0.942. The van der Waals surface area contributed by atoms with E-state index < -0.39 is 0 Å². The molecule has 2 unspecified atom stereocenters. The third-order valence-corrected chi connectivity index (χ3v) is 2.92. The van der Waals surface area contributed by atoms with Crippen molar-refractivity contribution < 1.29 is 4.74 Å². The monoisotopic (exact) mass is 215 g/mol. The number of hydrogen-bond acceptors (Lipinski definition) is 5. The first-order valence-corrected chi connectivity index (χ1v) is 5.61. The van der Waals surface area contributed by atoms with Gasteiger partial charge < -0.3 is 4.74 Å². The van der Waals surface area contributed by atoms with E-state index in [1.54, 1.807) is 11.3 Å². The van der Waals surface area contributed by atoms with Gasteiger partial charge in [0.2, 0.25) is 0 Å². The summed E-state index contributed by atoms with van der Waals surface area (Å²) in [5.74, 6) is 5.47. The fraction of sp³-hybridized carbons (Fsp3) is 0.667. The maximum atomic E-state index is 5.49. The highest BCUT2D eigenvalue weighted by Crippen LogP contribution is 2.11. The standard InChI is InChI=1S/C9H17N3OS/c1-3-13-7(2)9(12-10)4-8-5-11-6-14-8/h5-7,9,12H,3-4,10H2,1-2H3. The normalized spacial score (nSPS) is 15.4. The van der Waals surface area contributed by atoms with Gasteiger partial charge in [0.25, 0.3) is 0 Å². The molecule has 0 radical (unpaired) electrons. The van der Waals surface area contributed by atoms with Gasteiger partial charge in [-0.3, -0.25) is 16.3 Å². The van der Waals surface area contributed by atoms with Crippen LogP contribution in [0.4, 0.5) is 0 Å². The molecule has 14 heavy (non-hydrogen) atoms. The van der Waals surface area contributed by atoms with Gasteiger partial charge in [0.05, 0.1) is 17.7 Å². The van der Waals surface area contributed by atoms with Gasteiger partial charge in [-0.2, -0.15) is 0 Å². The summed E-state index contributed by atoms with van der Waals surface area (Å²) in [7, 11) is 0. The average Bonchev–Trinajstić information content (AvgIpc) is 2.66. The van der Waals surface area contributed by atoms with Crippen LogP contribution >= 0.6 is 11.3 Å². The predicted molar refractivity (Wildman–Crippen MR) is 58.0 cm³/mol. The zero-order valence-electron chi connectivity index (χ0n) is 8.56. The Hall–Kier alpha value is -0.490. The largest absolute Gasteiger partial charge is 0.377 e. The molecule has 0 aromatic carbocycles. The molecular formula is C9H17N3OS. The van der Waals surface area contributed by atoms with Gasteiger partial charge in [-0.25, -0.2) is 0 Å². The van der Waals surface area contributed by atoms with Crippen LogP contribution in [0.1, 0.15) is 18.7 Å². The van der Waals surface area contributed by atoms with Gasteiger partial charge in [-0.1, -0.05) is 0 Å². The molecule has 1 aromatic rings. The number of hydrogen-bond donors (Lipinski definition) is 2. The maximum absolute atomic E-state index is 5.49. The smallest absolute Gasteiger partial charge is 0.0794 e. The topological polar surface area (TPSA) is 60.2 Å². The maximum Gasteiger partial charge on any atom is 0.0794 e. The molecule has 0 spiro atoms. The van der Waals surface area contributed by atoms with Crippen molar-refractivity contribution in [2.45, 2.75) is 32.4 Å². The molecule has 2 atom stereocenters. The summed E-state index contributed by atoms with van der Waals surface area (Å²) in [4.78, 5) is 5.25. The molecule has 0 aliphatic carbocycles. The van der Waals surface area contributed by atoms with Crippen LogP contribution < -0.4 is 11.3 Å².